The Bertz CT molecular complexity index is 536. The topological polar surface area (TPSA) is 51.0 Å². The zero-order valence-corrected chi connectivity index (χ0v) is 9.91. The number of para-hydroxylation sites is 1. The fraction of sp³-hybridized carbons (Fsp3) is 0.0714. The standard InChI is InChI=1S/C14H12N2O2/c1-11(17)18-16-14-9-7-13(8-10-14)15-12-5-3-2-4-6-12/h2-10H,1H3. The number of benzene rings is 1. The van der Waals surface area contributed by atoms with Crippen LogP contribution in [0.1, 0.15) is 6.92 Å². The van der Waals surface area contributed by atoms with Gasteiger partial charge in [-0.1, -0.05) is 23.4 Å². The van der Waals surface area contributed by atoms with E-state index >= 15 is 0 Å². The monoisotopic (exact) mass is 240 g/mol. The van der Waals surface area contributed by atoms with Crippen molar-refractivity contribution in [2.75, 3.05) is 0 Å². The first-order valence-electron chi connectivity index (χ1n) is 5.49. The van der Waals surface area contributed by atoms with Crippen LogP contribution in [0.4, 0.5) is 5.69 Å². The predicted molar refractivity (Wildman–Crippen MR) is 71.0 cm³/mol. The van der Waals surface area contributed by atoms with Crippen LogP contribution in [0.25, 0.3) is 0 Å². The Labute approximate surface area is 105 Å². The van der Waals surface area contributed by atoms with Crippen molar-refractivity contribution in [1.82, 2.24) is 0 Å². The minimum Gasteiger partial charge on any atom is -0.318 e. The average molecular weight is 240 g/mol. The van der Waals surface area contributed by atoms with Gasteiger partial charge in [-0.3, -0.25) is 0 Å². The summed E-state index contributed by atoms with van der Waals surface area (Å²) in [6.07, 6.45) is 7.11. The van der Waals surface area contributed by atoms with E-state index in [-0.39, 0.29) is 0 Å². The summed E-state index contributed by atoms with van der Waals surface area (Å²) in [5.74, 6) is -0.437. The van der Waals surface area contributed by atoms with Crippen molar-refractivity contribution in [2.24, 2.45) is 10.1 Å². The molecule has 0 N–H and O–H groups in total. The van der Waals surface area contributed by atoms with Crippen molar-refractivity contribution in [3.63, 3.8) is 0 Å². The van der Waals surface area contributed by atoms with Crippen LogP contribution < -0.4 is 0 Å². The second-order valence-electron chi connectivity index (χ2n) is 3.64. The van der Waals surface area contributed by atoms with E-state index in [1.807, 2.05) is 42.5 Å². The molecule has 0 spiro atoms. The summed E-state index contributed by atoms with van der Waals surface area (Å²) >= 11 is 0. The lowest BCUT2D eigenvalue weighted by Gasteiger charge is -2.01. The van der Waals surface area contributed by atoms with Gasteiger partial charge in [-0.25, -0.2) is 9.79 Å². The van der Waals surface area contributed by atoms with Crippen molar-refractivity contribution in [2.45, 2.75) is 6.92 Å². The van der Waals surface area contributed by atoms with Gasteiger partial charge in [0, 0.05) is 6.92 Å². The maximum atomic E-state index is 10.6. The number of allylic oxidation sites excluding steroid dienone is 4. The van der Waals surface area contributed by atoms with Crippen LogP contribution in [0, 0.1) is 0 Å². The summed E-state index contributed by atoms with van der Waals surface area (Å²) in [7, 11) is 0. The highest BCUT2D eigenvalue weighted by atomic mass is 16.7. The molecule has 0 aromatic heterocycles. The molecule has 0 bridgehead atoms. The third kappa shape index (κ3) is 3.52. The molecule has 0 amide bonds. The van der Waals surface area contributed by atoms with Crippen molar-refractivity contribution in [1.29, 1.82) is 0 Å². The smallest absolute Gasteiger partial charge is 0.318 e. The van der Waals surface area contributed by atoms with Gasteiger partial charge in [0.25, 0.3) is 0 Å². The Morgan fingerprint density at radius 2 is 1.61 bits per heavy atom. The Kier molecular flexibility index (Phi) is 3.81. The minimum absolute atomic E-state index is 0.437. The predicted octanol–water partition coefficient (Wildman–Crippen LogP) is 2.80. The van der Waals surface area contributed by atoms with Gasteiger partial charge in [0.1, 0.15) is 5.71 Å². The third-order valence-corrected chi connectivity index (χ3v) is 2.14. The Morgan fingerprint density at radius 1 is 1.00 bits per heavy atom. The number of oxime groups is 1. The van der Waals surface area contributed by atoms with E-state index in [2.05, 4.69) is 15.0 Å². The summed E-state index contributed by atoms with van der Waals surface area (Å²) in [6, 6.07) is 9.67. The third-order valence-electron chi connectivity index (χ3n) is 2.14. The average Bonchev–Trinajstić information content (AvgIpc) is 2.39. The zero-order chi connectivity index (χ0) is 12.8. The molecular weight excluding hydrogens is 228 g/mol. The van der Waals surface area contributed by atoms with Gasteiger partial charge in [0.2, 0.25) is 0 Å². The van der Waals surface area contributed by atoms with E-state index in [0.29, 0.717) is 5.71 Å². The van der Waals surface area contributed by atoms with Crippen LogP contribution in [0.2, 0.25) is 0 Å². The number of hydrogen-bond donors (Lipinski definition) is 0. The summed E-state index contributed by atoms with van der Waals surface area (Å²) in [6.45, 7) is 1.31. The molecule has 2 rings (SSSR count). The molecule has 0 fully saturated rings. The van der Waals surface area contributed by atoms with Gasteiger partial charge in [0.15, 0.2) is 0 Å². The highest BCUT2D eigenvalue weighted by Crippen LogP contribution is 2.12. The van der Waals surface area contributed by atoms with Gasteiger partial charge in [-0.15, -0.1) is 0 Å². The first kappa shape index (κ1) is 12.0. The molecule has 0 unspecified atom stereocenters. The molecule has 4 nitrogen and oxygen atoms in total. The van der Waals surface area contributed by atoms with E-state index < -0.39 is 5.97 Å². The second kappa shape index (κ2) is 5.72. The maximum Gasteiger partial charge on any atom is 0.331 e. The van der Waals surface area contributed by atoms with Crippen molar-refractivity contribution >= 4 is 23.1 Å². The first-order chi connectivity index (χ1) is 8.74. The number of aliphatic imine (C=N–C) groups is 1. The maximum absolute atomic E-state index is 10.6. The lowest BCUT2D eigenvalue weighted by Crippen LogP contribution is -2.02. The SMILES string of the molecule is CC(=O)ON=C1C=CC(=Nc2ccccc2)C=C1. The van der Waals surface area contributed by atoms with Crippen LogP contribution in [0.3, 0.4) is 0 Å². The molecule has 1 aliphatic rings. The molecule has 0 atom stereocenters. The number of carbonyl (C=O) groups excluding carboxylic acids is 1. The molecule has 0 aliphatic heterocycles. The van der Waals surface area contributed by atoms with Crippen LogP contribution in [0.15, 0.2) is 64.8 Å². The fourth-order valence-corrected chi connectivity index (χ4v) is 1.36. The van der Waals surface area contributed by atoms with Crippen LogP contribution in [-0.2, 0) is 9.63 Å². The van der Waals surface area contributed by atoms with E-state index in [0.717, 1.165) is 11.4 Å². The van der Waals surface area contributed by atoms with Gasteiger partial charge < -0.3 is 4.84 Å². The summed E-state index contributed by atoms with van der Waals surface area (Å²) < 4.78 is 0. The molecule has 0 saturated carbocycles. The molecule has 18 heavy (non-hydrogen) atoms. The normalized spacial score (nSPS) is 13.4. The van der Waals surface area contributed by atoms with Crippen molar-refractivity contribution in [3.8, 4) is 0 Å². The van der Waals surface area contributed by atoms with Gasteiger partial charge in [0.05, 0.1) is 11.4 Å². The van der Waals surface area contributed by atoms with Crippen molar-refractivity contribution in [3.05, 3.63) is 54.6 Å². The van der Waals surface area contributed by atoms with Crippen LogP contribution in [0.5, 0.6) is 0 Å². The molecule has 1 aromatic rings. The molecule has 0 radical (unpaired) electrons. The molecule has 0 saturated heterocycles. The van der Waals surface area contributed by atoms with Crippen LogP contribution >= 0.6 is 0 Å². The Hall–Kier alpha value is -2.49. The molecule has 0 heterocycles. The second-order valence-corrected chi connectivity index (χ2v) is 3.64. The number of nitrogens with zero attached hydrogens (tertiary/aromatic N) is 2. The van der Waals surface area contributed by atoms with Gasteiger partial charge >= 0.3 is 5.97 Å². The highest BCUT2D eigenvalue weighted by molar-refractivity contribution is 6.18. The summed E-state index contributed by atoms with van der Waals surface area (Å²) in [4.78, 5) is 19.6. The van der Waals surface area contributed by atoms with Gasteiger partial charge in [-0.05, 0) is 36.4 Å². The van der Waals surface area contributed by atoms with E-state index in [1.165, 1.54) is 6.92 Å². The Morgan fingerprint density at radius 3 is 2.22 bits per heavy atom. The molecule has 90 valence electrons. The highest BCUT2D eigenvalue weighted by Gasteiger charge is 2.00. The quantitative estimate of drug-likeness (QED) is 0.453. The summed E-state index contributed by atoms with van der Waals surface area (Å²) in [5.41, 5.74) is 2.29. The summed E-state index contributed by atoms with van der Waals surface area (Å²) in [5, 5.41) is 3.66. The molecule has 1 aliphatic carbocycles. The lowest BCUT2D eigenvalue weighted by atomic mass is 10.1. The number of carbonyl (C=O) groups is 1. The lowest BCUT2D eigenvalue weighted by molar-refractivity contribution is -0.140. The van der Waals surface area contributed by atoms with E-state index in [4.69, 9.17) is 0 Å². The molecule has 1 aromatic carbocycles. The largest absolute Gasteiger partial charge is 0.331 e. The first-order valence-corrected chi connectivity index (χ1v) is 5.49. The van der Waals surface area contributed by atoms with E-state index in [1.54, 1.807) is 12.2 Å². The fourth-order valence-electron chi connectivity index (χ4n) is 1.36. The van der Waals surface area contributed by atoms with Gasteiger partial charge in [-0.2, -0.15) is 0 Å². The molecular formula is C14H12N2O2. The van der Waals surface area contributed by atoms with Crippen LogP contribution in [-0.4, -0.2) is 17.4 Å². The zero-order valence-electron chi connectivity index (χ0n) is 9.91. The number of hydrogen-bond acceptors (Lipinski definition) is 4. The number of rotatable bonds is 2. The Balaban J connectivity index is 2.08. The minimum atomic E-state index is -0.437. The van der Waals surface area contributed by atoms with E-state index in [9.17, 15) is 4.79 Å². The van der Waals surface area contributed by atoms with Crippen molar-refractivity contribution < 1.29 is 9.63 Å². The molecule has 4 heteroatoms.